The molecule has 0 spiro atoms. The Morgan fingerprint density at radius 1 is 1.67 bits per heavy atom. The van der Waals surface area contributed by atoms with Crippen molar-refractivity contribution in [2.24, 2.45) is 7.05 Å². The molecule has 0 unspecified atom stereocenters. The van der Waals surface area contributed by atoms with Crippen LogP contribution < -0.4 is 0 Å². The number of aromatic amines is 1. The highest BCUT2D eigenvalue weighted by atomic mass is 35.5. The van der Waals surface area contributed by atoms with Gasteiger partial charge >= 0.3 is 0 Å². The zero-order valence-electron chi connectivity index (χ0n) is 6.34. The number of rotatable bonds is 0. The Morgan fingerprint density at radius 2 is 2.42 bits per heavy atom. The number of nitrogens with one attached hydrogen (secondary N) is 1. The van der Waals surface area contributed by atoms with Crippen LogP contribution in [0.3, 0.4) is 0 Å². The number of halogens is 1. The molecule has 0 aliphatic rings. The summed E-state index contributed by atoms with van der Waals surface area (Å²) < 4.78 is 2.51. The van der Waals surface area contributed by atoms with E-state index in [9.17, 15) is 0 Å². The Morgan fingerprint density at radius 3 is 3.08 bits per heavy atom. The third-order valence-corrected chi connectivity index (χ3v) is 2.44. The van der Waals surface area contributed by atoms with Crippen LogP contribution in [0.25, 0.3) is 11.0 Å². The number of nitrogens with zero attached hydrogens (tertiary/aromatic N) is 2. The number of aryl methyl sites for hydroxylation is 1. The normalized spacial score (nSPS) is 10.8. The molecular weight excluding hydrogens is 194 g/mol. The van der Waals surface area contributed by atoms with E-state index in [4.69, 9.17) is 23.8 Å². The number of imidazole rings is 1. The monoisotopic (exact) mass is 199 g/mol. The van der Waals surface area contributed by atoms with E-state index in [1.807, 2.05) is 17.7 Å². The average molecular weight is 200 g/mol. The Labute approximate surface area is 79.0 Å². The fraction of sp³-hybridized carbons (Fsp3) is 0.143. The molecule has 0 fully saturated rings. The van der Waals surface area contributed by atoms with E-state index >= 15 is 0 Å². The summed E-state index contributed by atoms with van der Waals surface area (Å²) in [5.74, 6) is 0. The lowest BCUT2D eigenvalue weighted by Gasteiger charge is -1.93. The van der Waals surface area contributed by atoms with Crippen molar-refractivity contribution in [1.82, 2.24) is 14.5 Å². The highest BCUT2D eigenvalue weighted by Gasteiger charge is 2.03. The van der Waals surface area contributed by atoms with Gasteiger partial charge in [-0.2, -0.15) is 0 Å². The van der Waals surface area contributed by atoms with Gasteiger partial charge in [-0.05, 0) is 18.3 Å². The van der Waals surface area contributed by atoms with Gasteiger partial charge < -0.3 is 9.55 Å². The van der Waals surface area contributed by atoms with E-state index in [1.165, 1.54) is 0 Å². The molecule has 0 amide bonds. The van der Waals surface area contributed by atoms with Gasteiger partial charge in [0.2, 0.25) is 0 Å². The summed E-state index contributed by atoms with van der Waals surface area (Å²) in [4.78, 5) is 6.91. The van der Waals surface area contributed by atoms with Gasteiger partial charge in [-0.15, -0.1) is 0 Å². The molecule has 2 rings (SSSR count). The molecule has 0 atom stereocenters. The van der Waals surface area contributed by atoms with Crippen molar-refractivity contribution in [3.05, 3.63) is 22.2 Å². The Hall–Kier alpha value is -0.870. The number of H-pyrrole nitrogens is 1. The SMILES string of the molecule is Cn1c(=S)[nH]c2c(Cl)nccc21. The van der Waals surface area contributed by atoms with E-state index in [0.29, 0.717) is 9.92 Å². The first-order valence-electron chi connectivity index (χ1n) is 3.39. The van der Waals surface area contributed by atoms with Crippen LogP contribution in [0.15, 0.2) is 12.3 Å². The lowest BCUT2D eigenvalue weighted by Crippen LogP contribution is -1.85. The van der Waals surface area contributed by atoms with Gasteiger partial charge in [0.15, 0.2) is 9.92 Å². The molecule has 0 radical (unpaired) electrons. The number of hydrogen-bond donors (Lipinski definition) is 1. The van der Waals surface area contributed by atoms with E-state index < -0.39 is 0 Å². The maximum atomic E-state index is 5.84. The van der Waals surface area contributed by atoms with Gasteiger partial charge in [0.1, 0.15) is 5.52 Å². The van der Waals surface area contributed by atoms with Crippen molar-refractivity contribution in [3.8, 4) is 0 Å². The zero-order chi connectivity index (χ0) is 8.72. The molecule has 3 nitrogen and oxygen atoms in total. The van der Waals surface area contributed by atoms with Crippen LogP contribution in [-0.4, -0.2) is 14.5 Å². The molecule has 0 aliphatic heterocycles. The summed E-state index contributed by atoms with van der Waals surface area (Å²) in [5.41, 5.74) is 1.77. The summed E-state index contributed by atoms with van der Waals surface area (Å²) in [6.07, 6.45) is 1.66. The minimum atomic E-state index is 0.458. The molecule has 2 aromatic rings. The molecular formula is C7H6ClN3S. The second kappa shape index (κ2) is 2.57. The lowest BCUT2D eigenvalue weighted by atomic mass is 10.4. The smallest absolute Gasteiger partial charge is 0.177 e. The van der Waals surface area contributed by atoms with Crippen LogP contribution in [0.1, 0.15) is 0 Å². The van der Waals surface area contributed by atoms with Crippen LogP contribution in [0.2, 0.25) is 5.15 Å². The maximum Gasteiger partial charge on any atom is 0.177 e. The molecule has 2 aromatic heterocycles. The van der Waals surface area contributed by atoms with Gasteiger partial charge in [-0.25, -0.2) is 4.98 Å². The minimum absolute atomic E-state index is 0.458. The second-order valence-corrected chi connectivity index (χ2v) is 3.23. The van der Waals surface area contributed by atoms with E-state index in [-0.39, 0.29) is 0 Å². The van der Waals surface area contributed by atoms with E-state index in [0.717, 1.165) is 11.0 Å². The van der Waals surface area contributed by atoms with Gasteiger partial charge in [-0.1, -0.05) is 11.6 Å². The first kappa shape index (κ1) is 7.76. The molecule has 12 heavy (non-hydrogen) atoms. The van der Waals surface area contributed by atoms with Crippen LogP contribution in [0, 0.1) is 4.77 Å². The number of fused-ring (bicyclic) bond motifs is 1. The van der Waals surface area contributed by atoms with Gasteiger partial charge in [0.05, 0.1) is 5.52 Å². The highest BCUT2D eigenvalue weighted by Crippen LogP contribution is 2.18. The third kappa shape index (κ3) is 0.956. The van der Waals surface area contributed by atoms with Gasteiger partial charge in [0.25, 0.3) is 0 Å². The fourth-order valence-corrected chi connectivity index (χ4v) is 1.52. The van der Waals surface area contributed by atoms with Crippen LogP contribution in [-0.2, 0) is 7.05 Å². The van der Waals surface area contributed by atoms with Crippen molar-refractivity contribution < 1.29 is 0 Å². The minimum Gasteiger partial charge on any atom is -0.328 e. The van der Waals surface area contributed by atoms with Gasteiger partial charge in [-0.3, -0.25) is 0 Å². The van der Waals surface area contributed by atoms with Crippen LogP contribution in [0.4, 0.5) is 0 Å². The van der Waals surface area contributed by atoms with Crippen LogP contribution >= 0.6 is 23.8 Å². The zero-order valence-corrected chi connectivity index (χ0v) is 7.91. The molecule has 5 heteroatoms. The van der Waals surface area contributed by atoms with Crippen molar-refractivity contribution in [1.29, 1.82) is 0 Å². The third-order valence-electron chi connectivity index (χ3n) is 1.78. The Bertz CT molecular complexity index is 485. The quantitative estimate of drug-likeness (QED) is 0.522. The summed E-state index contributed by atoms with van der Waals surface area (Å²) in [6, 6.07) is 1.87. The summed E-state index contributed by atoms with van der Waals surface area (Å²) in [5, 5.41) is 0.458. The first-order chi connectivity index (χ1) is 5.70. The number of hydrogen-bond acceptors (Lipinski definition) is 2. The van der Waals surface area contributed by atoms with Crippen molar-refractivity contribution in [2.45, 2.75) is 0 Å². The first-order valence-corrected chi connectivity index (χ1v) is 4.18. The topological polar surface area (TPSA) is 33.6 Å². The molecule has 0 aromatic carbocycles. The molecule has 1 N–H and O–H groups in total. The van der Waals surface area contributed by atoms with Crippen LogP contribution in [0.5, 0.6) is 0 Å². The second-order valence-electron chi connectivity index (χ2n) is 2.49. The predicted molar refractivity (Wildman–Crippen MR) is 50.9 cm³/mol. The lowest BCUT2D eigenvalue weighted by molar-refractivity contribution is 0.927. The molecule has 62 valence electrons. The summed E-state index contributed by atoms with van der Waals surface area (Å²) in [6.45, 7) is 0. The molecule has 0 bridgehead atoms. The van der Waals surface area contributed by atoms with Gasteiger partial charge in [0, 0.05) is 13.2 Å². The molecule has 0 saturated carbocycles. The summed E-state index contributed by atoms with van der Waals surface area (Å²) >= 11 is 10.9. The molecule has 2 heterocycles. The number of aromatic nitrogens is 3. The Kier molecular flexibility index (Phi) is 1.66. The van der Waals surface area contributed by atoms with Crippen molar-refractivity contribution in [3.63, 3.8) is 0 Å². The highest BCUT2D eigenvalue weighted by molar-refractivity contribution is 7.71. The Balaban J connectivity index is 3.05. The maximum absolute atomic E-state index is 5.84. The van der Waals surface area contributed by atoms with E-state index in [2.05, 4.69) is 9.97 Å². The van der Waals surface area contributed by atoms with Crippen molar-refractivity contribution >= 4 is 34.9 Å². The predicted octanol–water partition coefficient (Wildman–Crippen LogP) is 2.28. The molecule has 0 saturated heterocycles. The fourth-order valence-electron chi connectivity index (χ4n) is 1.12. The summed E-state index contributed by atoms with van der Waals surface area (Å²) in [7, 11) is 1.89. The molecule has 0 aliphatic carbocycles. The number of pyridine rings is 1. The van der Waals surface area contributed by atoms with Crippen molar-refractivity contribution in [2.75, 3.05) is 0 Å². The standard InChI is InChI=1S/C7H6ClN3S/c1-11-4-2-3-9-6(8)5(4)10-7(11)12/h2-3H,1H3,(H,10,12). The largest absolute Gasteiger partial charge is 0.328 e. The average Bonchev–Trinajstić information content (AvgIpc) is 2.32. The van der Waals surface area contributed by atoms with E-state index in [1.54, 1.807) is 6.20 Å².